The van der Waals surface area contributed by atoms with E-state index in [0.717, 1.165) is 24.2 Å². The summed E-state index contributed by atoms with van der Waals surface area (Å²) in [6, 6.07) is 6.23. The summed E-state index contributed by atoms with van der Waals surface area (Å²) in [7, 11) is 0. The molecule has 1 fully saturated rings. The number of aryl methyl sites for hydroxylation is 1. The molecule has 2 aliphatic rings. The first-order chi connectivity index (χ1) is 9.28. The molecule has 2 aliphatic carbocycles. The van der Waals surface area contributed by atoms with Gasteiger partial charge in [-0.05, 0) is 67.7 Å². The topological polar surface area (TPSA) is 29.5 Å². The molecule has 0 bridgehead atoms. The van der Waals surface area contributed by atoms with Crippen molar-refractivity contribution in [2.24, 2.45) is 5.92 Å². The van der Waals surface area contributed by atoms with Gasteiger partial charge in [-0.2, -0.15) is 0 Å². The van der Waals surface area contributed by atoms with Crippen molar-refractivity contribution >= 4 is 0 Å². The van der Waals surface area contributed by atoms with Crippen LogP contribution in [-0.4, -0.2) is 11.2 Å². The van der Waals surface area contributed by atoms with E-state index in [9.17, 15) is 5.11 Å². The van der Waals surface area contributed by atoms with Crippen LogP contribution < -0.4 is 4.74 Å². The van der Waals surface area contributed by atoms with Crippen molar-refractivity contribution in [3.8, 4) is 5.75 Å². The van der Waals surface area contributed by atoms with Crippen LogP contribution in [0.25, 0.3) is 0 Å². The number of aliphatic hydroxyl groups excluding tert-OH is 1. The highest BCUT2D eigenvalue weighted by atomic mass is 16.5. The van der Waals surface area contributed by atoms with E-state index in [1.807, 2.05) is 12.1 Å². The summed E-state index contributed by atoms with van der Waals surface area (Å²) < 4.78 is 6.24. The van der Waals surface area contributed by atoms with Crippen molar-refractivity contribution in [1.82, 2.24) is 0 Å². The minimum atomic E-state index is -0.262. The first-order valence-corrected chi connectivity index (χ1v) is 7.75. The molecule has 0 radical (unpaired) electrons. The van der Waals surface area contributed by atoms with E-state index in [2.05, 4.69) is 13.0 Å². The van der Waals surface area contributed by atoms with E-state index in [1.165, 1.54) is 37.7 Å². The van der Waals surface area contributed by atoms with E-state index < -0.39 is 0 Å². The molecule has 19 heavy (non-hydrogen) atoms. The summed E-state index contributed by atoms with van der Waals surface area (Å²) in [6.07, 6.45) is 8.34. The van der Waals surface area contributed by atoms with Gasteiger partial charge in [0.1, 0.15) is 11.9 Å². The molecule has 2 nitrogen and oxygen atoms in total. The maximum absolute atomic E-state index is 9.83. The SMILES string of the molecule is CCC1CCCCC1Oc1ccc2c(c1)CCC2O. The predicted octanol–water partition coefficient (Wildman–Crippen LogP) is 4.01. The lowest BCUT2D eigenvalue weighted by molar-refractivity contribution is 0.0903. The molecule has 0 amide bonds. The van der Waals surface area contributed by atoms with Gasteiger partial charge in [-0.1, -0.05) is 19.4 Å². The number of aliphatic hydroxyl groups is 1. The van der Waals surface area contributed by atoms with E-state index in [4.69, 9.17) is 4.74 Å². The lowest BCUT2D eigenvalue weighted by Gasteiger charge is -2.31. The summed E-state index contributed by atoms with van der Waals surface area (Å²) in [5.74, 6) is 1.71. The Labute approximate surface area is 115 Å². The van der Waals surface area contributed by atoms with Gasteiger partial charge < -0.3 is 9.84 Å². The predicted molar refractivity (Wildman–Crippen MR) is 76.4 cm³/mol. The largest absolute Gasteiger partial charge is 0.490 e. The van der Waals surface area contributed by atoms with Crippen molar-refractivity contribution in [2.75, 3.05) is 0 Å². The number of fused-ring (bicyclic) bond motifs is 1. The lowest BCUT2D eigenvalue weighted by atomic mass is 9.85. The highest BCUT2D eigenvalue weighted by Crippen LogP contribution is 2.35. The molecule has 3 atom stereocenters. The second-order valence-corrected chi connectivity index (χ2v) is 6.02. The smallest absolute Gasteiger partial charge is 0.120 e. The second kappa shape index (κ2) is 5.54. The van der Waals surface area contributed by atoms with Crippen molar-refractivity contribution in [3.63, 3.8) is 0 Å². The number of hydrogen-bond donors (Lipinski definition) is 1. The van der Waals surface area contributed by atoms with Crippen molar-refractivity contribution < 1.29 is 9.84 Å². The molecule has 0 aliphatic heterocycles. The molecule has 1 aromatic carbocycles. The Morgan fingerprint density at radius 2 is 2.05 bits per heavy atom. The van der Waals surface area contributed by atoms with Crippen LogP contribution in [0, 0.1) is 5.92 Å². The van der Waals surface area contributed by atoms with Crippen LogP contribution in [0.4, 0.5) is 0 Å². The van der Waals surface area contributed by atoms with E-state index in [-0.39, 0.29) is 6.10 Å². The fraction of sp³-hybridized carbons (Fsp3) is 0.647. The molecule has 1 N–H and O–H groups in total. The molecule has 1 saturated carbocycles. The highest BCUT2D eigenvalue weighted by molar-refractivity contribution is 5.40. The molecule has 0 saturated heterocycles. The van der Waals surface area contributed by atoms with Crippen LogP contribution >= 0.6 is 0 Å². The van der Waals surface area contributed by atoms with Gasteiger partial charge in [-0.15, -0.1) is 0 Å². The summed E-state index contributed by atoms with van der Waals surface area (Å²) in [5.41, 5.74) is 2.37. The first kappa shape index (κ1) is 13.0. The first-order valence-electron chi connectivity index (χ1n) is 7.75. The Hall–Kier alpha value is -1.02. The molecular weight excluding hydrogens is 236 g/mol. The van der Waals surface area contributed by atoms with Crippen molar-refractivity contribution in [2.45, 2.75) is 64.1 Å². The van der Waals surface area contributed by atoms with Crippen LogP contribution in [0.2, 0.25) is 0 Å². The van der Waals surface area contributed by atoms with Gasteiger partial charge in [0.25, 0.3) is 0 Å². The zero-order valence-electron chi connectivity index (χ0n) is 11.8. The fourth-order valence-corrected chi connectivity index (χ4v) is 3.62. The van der Waals surface area contributed by atoms with Crippen LogP contribution in [0.5, 0.6) is 5.75 Å². The molecule has 3 rings (SSSR count). The maximum Gasteiger partial charge on any atom is 0.120 e. The van der Waals surface area contributed by atoms with E-state index >= 15 is 0 Å². The zero-order chi connectivity index (χ0) is 13.2. The molecule has 104 valence electrons. The summed E-state index contributed by atoms with van der Waals surface area (Å²) >= 11 is 0. The Morgan fingerprint density at radius 3 is 2.89 bits per heavy atom. The third-order valence-electron chi connectivity index (χ3n) is 4.81. The van der Waals surface area contributed by atoms with Crippen molar-refractivity contribution in [1.29, 1.82) is 0 Å². The summed E-state index contributed by atoms with van der Waals surface area (Å²) in [5, 5.41) is 9.83. The van der Waals surface area contributed by atoms with Crippen molar-refractivity contribution in [3.05, 3.63) is 29.3 Å². The molecule has 0 aromatic heterocycles. The fourth-order valence-electron chi connectivity index (χ4n) is 3.62. The Balaban J connectivity index is 1.73. The van der Waals surface area contributed by atoms with Gasteiger partial charge >= 0.3 is 0 Å². The van der Waals surface area contributed by atoms with Gasteiger partial charge in [-0.3, -0.25) is 0 Å². The number of hydrogen-bond acceptors (Lipinski definition) is 2. The van der Waals surface area contributed by atoms with Crippen LogP contribution in [0.3, 0.4) is 0 Å². The van der Waals surface area contributed by atoms with Crippen LogP contribution in [0.15, 0.2) is 18.2 Å². The van der Waals surface area contributed by atoms with Gasteiger partial charge in [0.05, 0.1) is 6.10 Å². The maximum atomic E-state index is 9.83. The monoisotopic (exact) mass is 260 g/mol. The third-order valence-corrected chi connectivity index (χ3v) is 4.81. The summed E-state index contributed by atoms with van der Waals surface area (Å²) in [6.45, 7) is 2.27. The van der Waals surface area contributed by atoms with Gasteiger partial charge in [0.15, 0.2) is 0 Å². The molecule has 1 aromatic rings. The standard InChI is InChI=1S/C17H24O2/c1-2-12-5-3-4-6-17(12)19-14-8-9-15-13(11-14)7-10-16(15)18/h8-9,11-12,16-18H,2-7,10H2,1H3. The number of rotatable bonds is 3. The Bertz CT molecular complexity index is 441. The highest BCUT2D eigenvalue weighted by Gasteiger charge is 2.26. The molecule has 0 heterocycles. The van der Waals surface area contributed by atoms with Crippen LogP contribution in [0.1, 0.15) is 62.7 Å². The molecule has 2 heteroatoms. The quantitative estimate of drug-likeness (QED) is 0.889. The zero-order valence-corrected chi connectivity index (χ0v) is 11.8. The number of benzene rings is 1. The van der Waals surface area contributed by atoms with Gasteiger partial charge in [0, 0.05) is 0 Å². The average Bonchev–Trinajstić information content (AvgIpc) is 2.81. The van der Waals surface area contributed by atoms with E-state index in [0.29, 0.717) is 12.0 Å². The lowest BCUT2D eigenvalue weighted by Crippen LogP contribution is -2.29. The van der Waals surface area contributed by atoms with E-state index in [1.54, 1.807) is 0 Å². The van der Waals surface area contributed by atoms with Gasteiger partial charge in [0.2, 0.25) is 0 Å². The Morgan fingerprint density at radius 1 is 1.21 bits per heavy atom. The van der Waals surface area contributed by atoms with Crippen LogP contribution in [-0.2, 0) is 6.42 Å². The second-order valence-electron chi connectivity index (χ2n) is 6.02. The third kappa shape index (κ3) is 2.64. The normalized spacial score (nSPS) is 30.1. The molecular formula is C17H24O2. The minimum Gasteiger partial charge on any atom is -0.490 e. The minimum absolute atomic E-state index is 0.262. The summed E-state index contributed by atoms with van der Waals surface area (Å²) in [4.78, 5) is 0. The van der Waals surface area contributed by atoms with Gasteiger partial charge in [-0.25, -0.2) is 0 Å². The molecule has 0 spiro atoms. The average molecular weight is 260 g/mol. The number of ether oxygens (including phenoxy) is 1. The molecule has 3 unspecified atom stereocenters. The Kier molecular flexibility index (Phi) is 3.79.